The zero-order chi connectivity index (χ0) is 13.0. The summed E-state index contributed by atoms with van der Waals surface area (Å²) in [6, 6.07) is 3.55. The molecule has 0 bridgehead atoms. The fourth-order valence-corrected chi connectivity index (χ4v) is 2.29. The molecule has 6 heteroatoms. The first-order chi connectivity index (χ1) is 8.68. The predicted molar refractivity (Wildman–Crippen MR) is 68.0 cm³/mol. The summed E-state index contributed by atoms with van der Waals surface area (Å²) < 4.78 is 4.99. The molecule has 18 heavy (non-hydrogen) atoms. The van der Waals surface area contributed by atoms with Gasteiger partial charge >= 0.3 is 0 Å². The van der Waals surface area contributed by atoms with Crippen molar-refractivity contribution in [1.82, 2.24) is 9.79 Å². The molecule has 5 nitrogen and oxygen atoms in total. The number of β-amino-alcohol motifs (C(OH)–C–C–N with tert-alkyl or cyclic N) is 1. The zero-order valence-electron chi connectivity index (χ0n) is 10.4. The highest BCUT2D eigenvalue weighted by molar-refractivity contribution is 6.64. The van der Waals surface area contributed by atoms with Crippen LogP contribution >= 0.6 is 0 Å². The maximum Gasteiger partial charge on any atom is 0.293 e. The van der Waals surface area contributed by atoms with Crippen molar-refractivity contribution in [3.63, 3.8) is 0 Å². The Hall–Kier alpha value is -1.40. The highest BCUT2D eigenvalue weighted by Gasteiger charge is 2.35. The van der Waals surface area contributed by atoms with Crippen LogP contribution in [0.5, 0.6) is 5.88 Å². The quantitative estimate of drug-likeness (QED) is 0.607. The molecular weight excluding hydrogens is 231 g/mol. The lowest BCUT2D eigenvalue weighted by molar-refractivity contribution is -0.0129. The lowest BCUT2D eigenvalue weighted by Gasteiger charge is -2.38. The topological polar surface area (TPSA) is 62.7 Å². The van der Waals surface area contributed by atoms with Gasteiger partial charge in [-0.15, -0.1) is 0 Å². The van der Waals surface area contributed by atoms with E-state index in [-0.39, 0.29) is 0 Å². The fraction of sp³-hybridized carbons (Fsp3) is 0.500. The first-order valence-corrected chi connectivity index (χ1v) is 5.93. The van der Waals surface area contributed by atoms with E-state index < -0.39 is 5.60 Å². The Morgan fingerprint density at radius 1 is 1.61 bits per heavy atom. The molecule has 1 radical (unpaired) electrons. The Balaban J connectivity index is 2.15. The minimum Gasteiger partial charge on any atom is -0.481 e. The molecule has 2 rings (SSSR count). The van der Waals surface area contributed by atoms with E-state index in [4.69, 9.17) is 4.74 Å². The van der Waals surface area contributed by atoms with E-state index in [1.807, 2.05) is 10.9 Å². The summed E-state index contributed by atoms with van der Waals surface area (Å²) in [5, 5.41) is 10.6. The van der Waals surface area contributed by atoms with Gasteiger partial charge in [0.1, 0.15) is 5.60 Å². The van der Waals surface area contributed by atoms with Gasteiger partial charge in [0.15, 0.2) is 0 Å². The molecule has 2 heterocycles. The molecule has 1 saturated heterocycles. The molecule has 1 aliphatic heterocycles. The lowest BCUT2D eigenvalue weighted by atomic mass is 9.81. The average molecular weight is 247 g/mol. The fourth-order valence-electron chi connectivity index (χ4n) is 2.29. The largest absolute Gasteiger partial charge is 0.481 e. The van der Waals surface area contributed by atoms with Crippen molar-refractivity contribution >= 4 is 13.6 Å². The van der Waals surface area contributed by atoms with Crippen molar-refractivity contribution in [2.24, 2.45) is 0 Å². The van der Waals surface area contributed by atoms with Gasteiger partial charge in [0.05, 0.1) is 13.3 Å². The highest BCUT2D eigenvalue weighted by atomic mass is 16.5. The molecule has 0 aliphatic carbocycles. The van der Waals surface area contributed by atoms with Crippen LogP contribution in [-0.2, 0) is 10.4 Å². The summed E-state index contributed by atoms with van der Waals surface area (Å²) in [5.74, 6) is 0.523. The zero-order valence-corrected chi connectivity index (χ0v) is 10.4. The monoisotopic (exact) mass is 247 g/mol. The second kappa shape index (κ2) is 5.50. The number of pyridine rings is 1. The van der Waals surface area contributed by atoms with Crippen molar-refractivity contribution in [2.45, 2.75) is 18.4 Å². The van der Waals surface area contributed by atoms with Gasteiger partial charge in [0.2, 0.25) is 5.88 Å². The summed E-state index contributed by atoms with van der Waals surface area (Å²) in [5.41, 5.74) is -0.191. The lowest BCUT2D eigenvalue weighted by Crippen LogP contribution is -2.47. The third-order valence-electron chi connectivity index (χ3n) is 3.25. The van der Waals surface area contributed by atoms with E-state index in [0.717, 1.165) is 24.7 Å². The molecule has 0 spiro atoms. The van der Waals surface area contributed by atoms with Gasteiger partial charge in [-0.2, -0.15) is 0 Å². The van der Waals surface area contributed by atoms with Gasteiger partial charge in [-0.05, 0) is 25.5 Å². The van der Waals surface area contributed by atoms with Crippen LogP contribution in [0, 0.1) is 0 Å². The first kappa shape index (κ1) is 13.0. The number of hydrogen-bond donors (Lipinski definition) is 1. The minimum atomic E-state index is -0.947. The Labute approximate surface area is 107 Å². The Morgan fingerprint density at radius 3 is 3.06 bits per heavy atom. The molecule has 1 fully saturated rings. The number of piperidine rings is 1. The van der Waals surface area contributed by atoms with Crippen LogP contribution < -0.4 is 4.74 Å². The summed E-state index contributed by atoms with van der Waals surface area (Å²) in [4.78, 5) is 16.4. The number of carbonyl (C=O) groups is 1. The molecule has 0 saturated carbocycles. The first-order valence-electron chi connectivity index (χ1n) is 5.93. The predicted octanol–water partition coefficient (Wildman–Crippen LogP) is 0.183. The molecule has 1 atom stereocenters. The van der Waals surface area contributed by atoms with E-state index in [1.54, 1.807) is 19.4 Å². The van der Waals surface area contributed by atoms with Gasteiger partial charge < -0.3 is 19.4 Å². The third kappa shape index (κ3) is 2.71. The molecule has 0 amide bonds. The SMILES string of the molecule is COc1ccc(C2(O)CCCN([B]C=O)C2)cn1. The van der Waals surface area contributed by atoms with Crippen LogP contribution in [0.15, 0.2) is 18.3 Å². The van der Waals surface area contributed by atoms with E-state index in [1.165, 1.54) is 7.41 Å². The second-order valence-corrected chi connectivity index (χ2v) is 4.48. The number of rotatable bonds is 4. The van der Waals surface area contributed by atoms with Gasteiger partial charge in [-0.25, -0.2) is 4.98 Å². The van der Waals surface area contributed by atoms with Crippen molar-refractivity contribution in [2.75, 3.05) is 20.2 Å². The van der Waals surface area contributed by atoms with Crippen LogP contribution in [0.3, 0.4) is 0 Å². The van der Waals surface area contributed by atoms with E-state index in [0.29, 0.717) is 18.8 Å². The van der Waals surface area contributed by atoms with Crippen LogP contribution in [0.2, 0.25) is 0 Å². The normalized spacial score (nSPS) is 24.6. The summed E-state index contributed by atoms with van der Waals surface area (Å²) in [6.45, 7) is 1.21. The second-order valence-electron chi connectivity index (χ2n) is 4.48. The van der Waals surface area contributed by atoms with E-state index in [9.17, 15) is 9.90 Å². The molecular formula is C12H16BN2O3. The van der Waals surface area contributed by atoms with Crippen molar-refractivity contribution < 1.29 is 14.6 Å². The van der Waals surface area contributed by atoms with Gasteiger partial charge in [0, 0.05) is 24.4 Å². The maximum absolute atomic E-state index is 10.6. The number of ether oxygens (including phenoxy) is 1. The molecule has 1 unspecified atom stereocenters. The van der Waals surface area contributed by atoms with E-state index >= 15 is 0 Å². The maximum atomic E-state index is 10.6. The molecule has 1 aromatic rings. The smallest absolute Gasteiger partial charge is 0.293 e. The van der Waals surface area contributed by atoms with Crippen molar-refractivity contribution in [1.29, 1.82) is 0 Å². The Kier molecular flexibility index (Phi) is 3.99. The van der Waals surface area contributed by atoms with E-state index in [2.05, 4.69) is 4.98 Å². The molecule has 1 aromatic heterocycles. The minimum absolute atomic E-state index is 0.416. The van der Waals surface area contributed by atoms with Crippen LogP contribution in [0.1, 0.15) is 18.4 Å². The Bertz CT molecular complexity index is 412. The van der Waals surface area contributed by atoms with Crippen molar-refractivity contribution in [3.05, 3.63) is 23.9 Å². The number of nitrogens with zero attached hydrogens (tertiary/aromatic N) is 2. The molecule has 1 aliphatic rings. The average Bonchev–Trinajstić information content (AvgIpc) is 2.39. The summed E-state index contributed by atoms with van der Waals surface area (Å²) >= 11 is 0. The van der Waals surface area contributed by atoms with Crippen LogP contribution in [0.4, 0.5) is 0 Å². The van der Waals surface area contributed by atoms with Gasteiger partial charge in [-0.1, -0.05) is 0 Å². The molecule has 95 valence electrons. The molecule has 0 aromatic carbocycles. The highest BCUT2D eigenvalue weighted by Crippen LogP contribution is 2.31. The van der Waals surface area contributed by atoms with Gasteiger partial charge in [0.25, 0.3) is 7.41 Å². The summed E-state index contributed by atoms with van der Waals surface area (Å²) in [7, 11) is 3.03. The molecule has 1 N–H and O–H groups in total. The number of hydrogen-bond acceptors (Lipinski definition) is 5. The third-order valence-corrected chi connectivity index (χ3v) is 3.25. The standard InChI is InChI=1S/C12H16BN2O3/c1-18-11-4-3-10(7-14-11)12(17)5-2-6-15(8-12)13-9-16/h3-4,7,9,17H,2,5-6,8H2,1H3. The van der Waals surface area contributed by atoms with Crippen molar-refractivity contribution in [3.8, 4) is 5.88 Å². The van der Waals surface area contributed by atoms with Gasteiger partial charge in [-0.3, -0.25) is 0 Å². The van der Waals surface area contributed by atoms with Crippen LogP contribution in [-0.4, -0.2) is 48.7 Å². The number of carbonyl (C=O) groups excluding carboxylic acids is 1. The number of aliphatic hydroxyl groups is 1. The Morgan fingerprint density at radius 2 is 2.44 bits per heavy atom. The van der Waals surface area contributed by atoms with Crippen LogP contribution in [0.25, 0.3) is 0 Å². The number of methoxy groups -OCH3 is 1. The number of aromatic nitrogens is 1. The summed E-state index contributed by atoms with van der Waals surface area (Å²) in [6.07, 6.45) is 3.89.